The molecule has 0 radical (unpaired) electrons. The van der Waals surface area contributed by atoms with E-state index >= 15 is 0 Å². The Morgan fingerprint density at radius 2 is 1.93 bits per heavy atom. The lowest BCUT2D eigenvalue weighted by Gasteiger charge is -2.28. The fourth-order valence-corrected chi connectivity index (χ4v) is 3.43. The largest absolute Gasteiger partial charge is 0.357 e. The molecule has 0 bridgehead atoms. The Labute approximate surface area is 162 Å². The molecule has 6 nitrogen and oxygen atoms in total. The molecule has 1 aromatic rings. The van der Waals surface area contributed by atoms with E-state index in [1.165, 1.54) is 11.1 Å². The van der Waals surface area contributed by atoms with Crippen LogP contribution in [0.2, 0.25) is 0 Å². The summed E-state index contributed by atoms with van der Waals surface area (Å²) in [5.41, 5.74) is 2.97. The van der Waals surface area contributed by atoms with Crippen LogP contribution in [-0.2, 0) is 17.8 Å². The van der Waals surface area contributed by atoms with E-state index in [1.807, 2.05) is 0 Å². The van der Waals surface area contributed by atoms with E-state index in [-0.39, 0.29) is 11.8 Å². The van der Waals surface area contributed by atoms with Crippen LogP contribution < -0.4 is 16.0 Å². The molecule has 2 aliphatic rings. The van der Waals surface area contributed by atoms with Gasteiger partial charge in [0.2, 0.25) is 5.91 Å². The molecule has 1 amide bonds. The maximum atomic E-state index is 11.6. The summed E-state index contributed by atoms with van der Waals surface area (Å²) in [4.78, 5) is 18.8. The van der Waals surface area contributed by atoms with Gasteiger partial charge < -0.3 is 16.0 Å². The minimum absolute atomic E-state index is 0.196. The van der Waals surface area contributed by atoms with E-state index in [4.69, 9.17) is 0 Å². The molecule has 0 spiro atoms. The van der Waals surface area contributed by atoms with Crippen molar-refractivity contribution < 1.29 is 4.79 Å². The molecule has 0 saturated heterocycles. The van der Waals surface area contributed by atoms with Crippen LogP contribution in [0.25, 0.3) is 0 Å². The van der Waals surface area contributed by atoms with Crippen LogP contribution in [0.15, 0.2) is 29.3 Å². The van der Waals surface area contributed by atoms with Crippen molar-refractivity contribution in [2.24, 2.45) is 10.9 Å². The Kier molecular flexibility index (Phi) is 7.51. The average molecular weight is 372 g/mol. The predicted molar refractivity (Wildman–Crippen MR) is 110 cm³/mol. The molecule has 0 atom stereocenters. The smallest absolute Gasteiger partial charge is 0.223 e. The Balaban J connectivity index is 1.32. The molecule has 3 N–H and O–H groups in total. The molecule has 27 heavy (non-hydrogen) atoms. The van der Waals surface area contributed by atoms with E-state index in [9.17, 15) is 4.79 Å². The number of aliphatic imine (C=N–C) groups is 1. The van der Waals surface area contributed by atoms with Gasteiger partial charge in [0.05, 0.1) is 0 Å². The number of carbonyl (C=O) groups is 1. The standard InChI is InChI=1S/C21H33N5O/c1-2-22-21(25-13-12-23-20(27)18-8-9-18)24-11-5-14-26-15-10-17-6-3-4-7-19(17)16-26/h3-4,6-7,18H,2,5,8-16H2,1H3,(H,23,27)(H2,22,24,25). The average Bonchev–Trinajstić information content (AvgIpc) is 3.53. The van der Waals surface area contributed by atoms with Gasteiger partial charge in [-0.1, -0.05) is 24.3 Å². The van der Waals surface area contributed by atoms with Crippen LogP contribution in [-0.4, -0.2) is 56.0 Å². The fraction of sp³-hybridized carbons (Fsp3) is 0.619. The van der Waals surface area contributed by atoms with Gasteiger partial charge in [-0.05, 0) is 43.7 Å². The zero-order valence-corrected chi connectivity index (χ0v) is 16.5. The van der Waals surface area contributed by atoms with Crippen molar-refractivity contribution in [2.75, 3.05) is 39.3 Å². The summed E-state index contributed by atoms with van der Waals surface area (Å²) in [6, 6.07) is 8.76. The van der Waals surface area contributed by atoms with Gasteiger partial charge in [-0.25, -0.2) is 0 Å². The Bertz CT molecular complexity index is 641. The number of nitrogens with zero attached hydrogens (tertiary/aromatic N) is 2. The van der Waals surface area contributed by atoms with Gasteiger partial charge in [0.15, 0.2) is 5.96 Å². The summed E-state index contributed by atoms with van der Waals surface area (Å²) in [6.45, 7) is 8.33. The van der Waals surface area contributed by atoms with Gasteiger partial charge in [0.25, 0.3) is 0 Å². The van der Waals surface area contributed by atoms with Crippen LogP contribution in [0.5, 0.6) is 0 Å². The van der Waals surface area contributed by atoms with Gasteiger partial charge >= 0.3 is 0 Å². The molecule has 1 aliphatic heterocycles. The van der Waals surface area contributed by atoms with E-state index in [0.717, 1.165) is 64.4 Å². The third-order valence-corrected chi connectivity index (χ3v) is 5.12. The topological polar surface area (TPSA) is 68.8 Å². The number of hydrogen-bond donors (Lipinski definition) is 3. The first-order valence-corrected chi connectivity index (χ1v) is 10.4. The molecular weight excluding hydrogens is 338 g/mol. The third-order valence-electron chi connectivity index (χ3n) is 5.12. The monoisotopic (exact) mass is 371 g/mol. The number of rotatable bonds is 9. The summed E-state index contributed by atoms with van der Waals surface area (Å²) in [5.74, 6) is 1.30. The number of fused-ring (bicyclic) bond motifs is 1. The lowest BCUT2D eigenvalue weighted by Crippen LogP contribution is -2.42. The molecule has 1 saturated carbocycles. The van der Waals surface area contributed by atoms with Crippen molar-refractivity contribution in [3.05, 3.63) is 35.4 Å². The van der Waals surface area contributed by atoms with Crippen molar-refractivity contribution in [2.45, 2.75) is 39.2 Å². The van der Waals surface area contributed by atoms with Gasteiger partial charge in [-0.15, -0.1) is 0 Å². The first-order valence-electron chi connectivity index (χ1n) is 10.4. The first-order chi connectivity index (χ1) is 13.3. The second-order valence-electron chi connectivity index (χ2n) is 7.40. The van der Waals surface area contributed by atoms with Gasteiger partial charge in [0.1, 0.15) is 0 Å². The number of carbonyl (C=O) groups excluding carboxylic acids is 1. The Morgan fingerprint density at radius 3 is 2.70 bits per heavy atom. The maximum absolute atomic E-state index is 11.6. The highest BCUT2D eigenvalue weighted by molar-refractivity contribution is 5.81. The molecular formula is C21H33N5O. The first kappa shape index (κ1) is 19.7. The molecule has 1 heterocycles. The van der Waals surface area contributed by atoms with Crippen molar-refractivity contribution >= 4 is 11.9 Å². The van der Waals surface area contributed by atoms with Crippen LogP contribution >= 0.6 is 0 Å². The summed E-state index contributed by atoms with van der Waals surface area (Å²) in [6.07, 6.45) is 4.30. The molecule has 1 aromatic carbocycles. The number of hydrogen-bond acceptors (Lipinski definition) is 3. The highest BCUT2D eigenvalue weighted by Gasteiger charge is 2.28. The fourth-order valence-electron chi connectivity index (χ4n) is 3.43. The second kappa shape index (κ2) is 10.3. The second-order valence-corrected chi connectivity index (χ2v) is 7.40. The summed E-state index contributed by atoms with van der Waals surface area (Å²) in [5, 5.41) is 9.54. The summed E-state index contributed by atoms with van der Waals surface area (Å²) >= 11 is 0. The van der Waals surface area contributed by atoms with Gasteiger partial charge in [0, 0.05) is 51.7 Å². The SMILES string of the molecule is CCNC(=NCCCN1CCc2ccccc2C1)NCCNC(=O)C1CC1. The number of amides is 1. The zero-order valence-electron chi connectivity index (χ0n) is 16.5. The van der Waals surface area contributed by atoms with Crippen molar-refractivity contribution in [3.8, 4) is 0 Å². The molecule has 0 aromatic heterocycles. The van der Waals surface area contributed by atoms with Crippen molar-refractivity contribution in [1.29, 1.82) is 0 Å². The minimum atomic E-state index is 0.196. The lowest BCUT2D eigenvalue weighted by atomic mass is 10.00. The number of benzene rings is 1. The normalized spacial score (nSPS) is 17.3. The number of guanidine groups is 1. The minimum Gasteiger partial charge on any atom is -0.357 e. The summed E-state index contributed by atoms with van der Waals surface area (Å²) in [7, 11) is 0. The maximum Gasteiger partial charge on any atom is 0.223 e. The van der Waals surface area contributed by atoms with Crippen LogP contribution in [0.4, 0.5) is 0 Å². The third kappa shape index (κ3) is 6.54. The Morgan fingerprint density at radius 1 is 1.15 bits per heavy atom. The highest BCUT2D eigenvalue weighted by Crippen LogP contribution is 2.28. The van der Waals surface area contributed by atoms with E-state index in [0.29, 0.717) is 13.1 Å². The predicted octanol–water partition coefficient (Wildman–Crippen LogP) is 1.52. The zero-order chi connectivity index (χ0) is 18.9. The number of nitrogens with one attached hydrogen (secondary N) is 3. The van der Waals surface area contributed by atoms with Gasteiger partial charge in [-0.2, -0.15) is 0 Å². The lowest BCUT2D eigenvalue weighted by molar-refractivity contribution is -0.122. The molecule has 1 aliphatic carbocycles. The van der Waals surface area contributed by atoms with E-state index in [2.05, 4.69) is 57.0 Å². The van der Waals surface area contributed by atoms with Crippen molar-refractivity contribution in [1.82, 2.24) is 20.9 Å². The highest BCUT2D eigenvalue weighted by atomic mass is 16.2. The Hall–Kier alpha value is -2.08. The van der Waals surface area contributed by atoms with Gasteiger partial charge in [-0.3, -0.25) is 14.7 Å². The van der Waals surface area contributed by atoms with Crippen LogP contribution in [0.3, 0.4) is 0 Å². The molecule has 3 rings (SSSR count). The van der Waals surface area contributed by atoms with Crippen molar-refractivity contribution in [3.63, 3.8) is 0 Å². The molecule has 148 valence electrons. The van der Waals surface area contributed by atoms with Crippen LogP contribution in [0.1, 0.15) is 37.3 Å². The molecule has 1 fully saturated rings. The molecule has 6 heteroatoms. The summed E-state index contributed by atoms with van der Waals surface area (Å²) < 4.78 is 0. The van der Waals surface area contributed by atoms with E-state index < -0.39 is 0 Å². The van der Waals surface area contributed by atoms with E-state index in [1.54, 1.807) is 0 Å². The quantitative estimate of drug-likeness (QED) is 0.350. The van der Waals surface area contributed by atoms with Crippen LogP contribution in [0, 0.1) is 5.92 Å². The molecule has 0 unspecified atom stereocenters.